The molecule has 0 amide bonds. The molecule has 5 aromatic rings. The van der Waals surface area contributed by atoms with Crippen LogP contribution in [0.25, 0.3) is 53.9 Å². The van der Waals surface area contributed by atoms with Crippen molar-refractivity contribution >= 4 is 57.5 Å². The van der Waals surface area contributed by atoms with Gasteiger partial charge in [-0.1, -0.05) is 61.4 Å². The van der Waals surface area contributed by atoms with Gasteiger partial charge in [0.05, 0.1) is 25.3 Å². The normalized spacial score (nSPS) is 21.2. The number of carbonyl (C=O) groups is 2. The number of Topliss-reactive ketones (excluding diaryl/α,β-unsaturated/α-hetero) is 2. The zero-order valence-electron chi connectivity index (χ0n) is 33.4. The highest BCUT2D eigenvalue weighted by Crippen LogP contribution is 2.61. The van der Waals surface area contributed by atoms with Gasteiger partial charge in [0.15, 0.2) is 11.6 Å². The van der Waals surface area contributed by atoms with Crippen LogP contribution in [-0.2, 0) is 11.2 Å². The summed E-state index contributed by atoms with van der Waals surface area (Å²) in [7, 11) is 0. The number of ether oxygens (including phenoxy) is 2. The van der Waals surface area contributed by atoms with E-state index in [0.29, 0.717) is 44.5 Å². The fourth-order valence-corrected chi connectivity index (χ4v) is 13.0. The number of fused-ring (bicyclic) bond motifs is 10. The zero-order valence-corrected chi connectivity index (χ0v) is 35.0. The third-order valence-electron chi connectivity index (χ3n) is 13.4. The predicted octanol–water partition coefficient (Wildman–Crippen LogP) is 13.1. The average molecular weight is 843 g/mol. The highest BCUT2D eigenvalue weighted by atomic mass is 32.1. The molecule has 2 spiro atoms. The van der Waals surface area contributed by atoms with Gasteiger partial charge in [-0.3, -0.25) is 9.59 Å². The maximum Gasteiger partial charge on any atom is 0.270 e. The van der Waals surface area contributed by atoms with Crippen molar-refractivity contribution in [3.8, 4) is 44.5 Å². The van der Waals surface area contributed by atoms with E-state index in [2.05, 4.69) is 34.0 Å². The number of hydrogen-bond donors (Lipinski definition) is 0. The van der Waals surface area contributed by atoms with Gasteiger partial charge >= 0.3 is 0 Å². The van der Waals surface area contributed by atoms with Crippen molar-refractivity contribution in [1.82, 2.24) is 0 Å². The lowest BCUT2D eigenvalue weighted by Gasteiger charge is -2.44. The molecule has 2 aromatic heterocycles. The molecule has 0 bridgehead atoms. The summed E-state index contributed by atoms with van der Waals surface area (Å²) in [4.78, 5) is 38.8. The molecule has 8 nitrogen and oxygen atoms in total. The lowest BCUT2D eigenvalue weighted by Crippen LogP contribution is -2.38. The summed E-state index contributed by atoms with van der Waals surface area (Å²) in [5.74, 6) is 1.15. The van der Waals surface area contributed by atoms with Gasteiger partial charge in [0.2, 0.25) is 0 Å². The van der Waals surface area contributed by atoms with Crippen LogP contribution in [-0.4, -0.2) is 11.6 Å². The third kappa shape index (κ3) is 5.51. The van der Waals surface area contributed by atoms with E-state index in [1.54, 1.807) is 59.1 Å². The lowest BCUT2D eigenvalue weighted by molar-refractivity contribution is 0.0203. The number of benzene rings is 3. The largest absolute Gasteiger partial charge is 0.482 e. The van der Waals surface area contributed by atoms with Crippen molar-refractivity contribution in [1.29, 1.82) is 10.5 Å². The Kier molecular flexibility index (Phi) is 8.71. The molecule has 0 atom stereocenters. The second-order valence-corrected chi connectivity index (χ2v) is 18.9. The Bertz CT molecular complexity index is 2940. The minimum atomic E-state index is -0.562. The summed E-state index contributed by atoms with van der Waals surface area (Å²) in [5.41, 5.74) is 6.38. The summed E-state index contributed by atoms with van der Waals surface area (Å²) < 4.78 is 14.5. The van der Waals surface area contributed by atoms with Crippen molar-refractivity contribution in [2.45, 2.75) is 75.4 Å². The van der Waals surface area contributed by atoms with Crippen LogP contribution in [0.3, 0.4) is 0 Å². The molecule has 62 heavy (non-hydrogen) atoms. The zero-order chi connectivity index (χ0) is 42.3. The van der Waals surface area contributed by atoms with Crippen LogP contribution >= 0.6 is 22.7 Å². The first-order valence-electron chi connectivity index (χ1n) is 20.9. The minimum absolute atomic E-state index is 0.104. The van der Waals surface area contributed by atoms with Crippen LogP contribution in [0.15, 0.2) is 95.3 Å². The molecule has 2 fully saturated rings. The first-order valence-corrected chi connectivity index (χ1v) is 22.5. The van der Waals surface area contributed by atoms with E-state index in [-0.39, 0.29) is 23.0 Å². The van der Waals surface area contributed by atoms with Gasteiger partial charge in [-0.2, -0.15) is 0 Å². The molecule has 0 radical (unpaired) electrons. The maximum atomic E-state index is 13.9. The Morgan fingerprint density at radius 3 is 1.34 bits per heavy atom. The minimum Gasteiger partial charge on any atom is -0.482 e. The van der Waals surface area contributed by atoms with E-state index in [9.17, 15) is 20.1 Å². The summed E-state index contributed by atoms with van der Waals surface area (Å²) >= 11 is 3.19. The Hall–Kier alpha value is -7.08. The smallest absolute Gasteiger partial charge is 0.270 e. The Morgan fingerprint density at radius 2 is 0.968 bits per heavy atom. The van der Waals surface area contributed by atoms with Crippen LogP contribution in [0.2, 0.25) is 0 Å². The number of rotatable bonds is 2. The van der Waals surface area contributed by atoms with Gasteiger partial charge in [0.1, 0.15) is 22.7 Å². The maximum absolute atomic E-state index is 13.9. The predicted molar refractivity (Wildman–Crippen MR) is 240 cm³/mol. The number of nitriles is 2. The monoisotopic (exact) mass is 842 g/mol. The number of carbonyl (C=O) groups excluding carboxylic acids is 2. The van der Waals surface area contributed by atoms with Crippen LogP contribution in [0.1, 0.15) is 117 Å². The highest BCUT2D eigenvalue weighted by molar-refractivity contribution is 7.17. The lowest BCUT2D eigenvalue weighted by atomic mass is 9.76. The number of nitrogens with zero attached hydrogens (tertiary/aromatic N) is 4. The molecule has 11 rings (SSSR count). The van der Waals surface area contributed by atoms with E-state index in [0.717, 1.165) is 117 Å². The average Bonchev–Trinajstić information content (AvgIpc) is 4.07. The SMILES string of the molecule is [C-]#[N+]C(C#N)=C1/C(=C/c2cc3c(s2)-c2cc4c(cc2OC32CCCCC2)-c2sc(/C=C3\C(=O)c5ccccc5\C3=C(\C#N)[N+]#[C-])cc2C2(CCCCC2)O4)C(=O)c2ccccc21. The van der Waals surface area contributed by atoms with Gasteiger partial charge in [-0.25, -0.2) is 20.2 Å². The highest BCUT2D eigenvalue weighted by Gasteiger charge is 2.47. The van der Waals surface area contributed by atoms with Crippen LogP contribution < -0.4 is 9.47 Å². The molecule has 2 saturated carbocycles. The summed E-state index contributed by atoms with van der Waals surface area (Å²) in [5, 5.41) is 20.0. The van der Waals surface area contributed by atoms with Crippen molar-refractivity contribution in [2.24, 2.45) is 0 Å². The number of ketones is 2. The fraction of sp³-hybridized carbons (Fsp3) is 0.231. The first-order chi connectivity index (χ1) is 30.3. The molecule has 6 aliphatic rings. The molecule has 0 unspecified atom stereocenters. The van der Waals surface area contributed by atoms with Gasteiger partial charge < -0.3 is 9.47 Å². The molecule has 2 aliphatic heterocycles. The van der Waals surface area contributed by atoms with Crippen LogP contribution in [0, 0.1) is 35.8 Å². The van der Waals surface area contributed by atoms with E-state index < -0.39 is 11.2 Å². The van der Waals surface area contributed by atoms with E-state index in [1.807, 2.05) is 36.4 Å². The quantitative estimate of drug-likeness (QED) is 0.0994. The second-order valence-electron chi connectivity index (χ2n) is 16.7. The standard InChI is InChI=1S/C52H34N4O4S2/c1-55-41(27-53)45-31-13-5-7-15-33(31)47(57)37(45)21-29-23-39-49(61-29)35-25-44-36(26-43(35)59-51(39)17-9-3-10-18-51)50-40(52(60-44)19-11-4-12-20-52)24-30(62-50)22-38-46(42(28-54)56-2)32-14-6-8-16-34(32)48(38)58/h5-8,13-16,21-26H,3-4,9-12,17-20H2/b37-21-,38-22-,45-41+,46-42?. The Labute approximate surface area is 366 Å². The molecule has 298 valence electrons. The molecular formula is C52H34N4O4S2. The molecular weight excluding hydrogens is 809 g/mol. The van der Waals surface area contributed by atoms with Gasteiger partial charge in [-0.15, -0.1) is 22.7 Å². The summed E-state index contributed by atoms with van der Waals surface area (Å²) in [6, 6.07) is 27.0. The number of thiophene rings is 2. The molecule has 4 aliphatic carbocycles. The van der Waals surface area contributed by atoms with Gasteiger partial charge in [0, 0.05) is 75.2 Å². The molecule has 4 heterocycles. The van der Waals surface area contributed by atoms with E-state index in [1.165, 1.54) is 0 Å². The first kappa shape index (κ1) is 37.9. The number of allylic oxidation sites excluding steroid dienone is 6. The molecule has 10 heteroatoms. The van der Waals surface area contributed by atoms with Gasteiger partial charge in [0.25, 0.3) is 11.4 Å². The molecule has 0 saturated heterocycles. The van der Waals surface area contributed by atoms with E-state index in [4.69, 9.17) is 22.6 Å². The van der Waals surface area contributed by atoms with Crippen molar-refractivity contribution in [3.05, 3.63) is 161 Å². The topological polar surface area (TPSA) is 109 Å². The Balaban J connectivity index is 1.07. The summed E-state index contributed by atoms with van der Waals surface area (Å²) in [6.45, 7) is 15.6. The van der Waals surface area contributed by atoms with Crippen molar-refractivity contribution < 1.29 is 19.1 Å². The van der Waals surface area contributed by atoms with Crippen molar-refractivity contribution in [2.75, 3.05) is 0 Å². The molecule has 3 aromatic carbocycles. The van der Waals surface area contributed by atoms with E-state index >= 15 is 0 Å². The Morgan fingerprint density at radius 1 is 0.581 bits per heavy atom. The summed E-state index contributed by atoms with van der Waals surface area (Å²) in [6.07, 6.45) is 13.4. The van der Waals surface area contributed by atoms with Crippen LogP contribution in [0.4, 0.5) is 0 Å². The fourth-order valence-electron chi connectivity index (χ4n) is 10.6. The molecule has 0 N–H and O–H groups in total. The second kappa shape index (κ2) is 14.3. The van der Waals surface area contributed by atoms with Crippen LogP contribution in [0.5, 0.6) is 11.5 Å². The van der Waals surface area contributed by atoms with Gasteiger partial charge in [-0.05, 0) is 98.9 Å². The number of hydrogen-bond acceptors (Lipinski definition) is 8. The van der Waals surface area contributed by atoms with Crippen molar-refractivity contribution in [3.63, 3.8) is 0 Å². The third-order valence-corrected chi connectivity index (χ3v) is 15.6.